The number of rotatable bonds is 5. The average molecular weight is 344 g/mol. The van der Waals surface area contributed by atoms with Gasteiger partial charge in [-0.25, -0.2) is 13.9 Å². The van der Waals surface area contributed by atoms with E-state index in [-0.39, 0.29) is 24.1 Å². The number of likely N-dealkylation sites (N-methyl/N-ethyl adjacent to an activating group) is 1. The van der Waals surface area contributed by atoms with E-state index < -0.39 is 16.2 Å². The molecule has 0 unspecified atom stereocenters. The third-order valence-electron chi connectivity index (χ3n) is 3.98. The molecule has 0 aliphatic carbocycles. The molecule has 23 heavy (non-hydrogen) atoms. The highest BCUT2D eigenvalue weighted by Crippen LogP contribution is 2.31. The van der Waals surface area contributed by atoms with Gasteiger partial charge in [-0.2, -0.15) is 8.42 Å². The molecule has 0 radical (unpaired) electrons. The molecule has 10 heteroatoms. The van der Waals surface area contributed by atoms with Gasteiger partial charge in [0.2, 0.25) is 5.91 Å². The van der Waals surface area contributed by atoms with E-state index in [1.807, 2.05) is 0 Å². The van der Waals surface area contributed by atoms with Gasteiger partial charge in [0.1, 0.15) is 5.69 Å². The molecule has 2 heterocycles. The van der Waals surface area contributed by atoms with Gasteiger partial charge in [0.05, 0.1) is 6.54 Å². The van der Waals surface area contributed by atoms with Crippen LogP contribution in [0.5, 0.6) is 0 Å². The first-order valence-electron chi connectivity index (χ1n) is 7.16. The van der Waals surface area contributed by atoms with E-state index in [1.54, 1.807) is 11.9 Å². The number of carbonyl (C=O) groups is 2. The van der Waals surface area contributed by atoms with Crippen LogP contribution in [0.1, 0.15) is 34.8 Å². The maximum atomic E-state index is 11.8. The molecule has 0 bridgehead atoms. The smallest absolute Gasteiger partial charge is 0.353 e. The Morgan fingerprint density at radius 3 is 2.48 bits per heavy atom. The van der Waals surface area contributed by atoms with Crippen molar-refractivity contribution in [3.05, 3.63) is 23.5 Å². The predicted octanol–water partition coefficient (Wildman–Crippen LogP) is -0.837. The van der Waals surface area contributed by atoms with Crippen LogP contribution >= 0.6 is 0 Å². The second-order valence-electron chi connectivity index (χ2n) is 5.45. The van der Waals surface area contributed by atoms with Crippen molar-refractivity contribution in [3.63, 3.8) is 0 Å². The Labute approximate surface area is 134 Å². The SMILES string of the molecule is CNCC(=O)N1CCC(c2ccn(S(N)(=O)=O)c2C(=O)O)CC1. The molecule has 1 aliphatic heterocycles. The molecule has 1 aliphatic rings. The summed E-state index contributed by atoms with van der Waals surface area (Å²) in [6.07, 6.45) is 2.31. The van der Waals surface area contributed by atoms with Gasteiger partial charge in [-0.1, -0.05) is 0 Å². The van der Waals surface area contributed by atoms with Crippen LogP contribution in [0.2, 0.25) is 0 Å². The van der Waals surface area contributed by atoms with Gasteiger partial charge >= 0.3 is 16.2 Å². The molecule has 1 fully saturated rings. The Morgan fingerprint density at radius 2 is 2.00 bits per heavy atom. The average Bonchev–Trinajstić information content (AvgIpc) is 2.93. The number of nitrogens with zero attached hydrogens (tertiary/aromatic N) is 2. The van der Waals surface area contributed by atoms with Gasteiger partial charge in [0, 0.05) is 19.3 Å². The standard InChI is InChI=1S/C13H20N4O5S/c1-15-8-11(18)16-5-2-9(3-6-16)10-4-7-17(23(14,21)22)12(10)13(19)20/h4,7,9,15H,2-3,5-6,8H2,1H3,(H,19,20)(H2,14,21,22). The number of nitrogens with two attached hydrogens (primary N) is 1. The quantitative estimate of drug-likeness (QED) is 0.638. The third kappa shape index (κ3) is 3.71. The van der Waals surface area contributed by atoms with Crippen LogP contribution in [0.3, 0.4) is 0 Å². The number of hydrogen-bond donors (Lipinski definition) is 3. The van der Waals surface area contributed by atoms with Gasteiger partial charge in [-0.3, -0.25) is 4.79 Å². The van der Waals surface area contributed by atoms with E-state index in [4.69, 9.17) is 5.14 Å². The Balaban J connectivity index is 2.20. The van der Waals surface area contributed by atoms with Crippen LogP contribution in [0.25, 0.3) is 0 Å². The molecular formula is C13H20N4O5S. The molecule has 4 N–H and O–H groups in total. The van der Waals surface area contributed by atoms with Crippen molar-refractivity contribution in [1.29, 1.82) is 0 Å². The lowest BCUT2D eigenvalue weighted by molar-refractivity contribution is -0.131. The molecule has 1 aromatic rings. The molecule has 9 nitrogen and oxygen atoms in total. The molecule has 0 aromatic carbocycles. The van der Waals surface area contributed by atoms with Gasteiger partial charge in [0.25, 0.3) is 0 Å². The lowest BCUT2D eigenvalue weighted by Gasteiger charge is -2.32. The molecular weight excluding hydrogens is 324 g/mol. The van der Waals surface area contributed by atoms with Crippen LogP contribution in [0.4, 0.5) is 0 Å². The van der Waals surface area contributed by atoms with Crippen molar-refractivity contribution in [2.45, 2.75) is 18.8 Å². The maximum absolute atomic E-state index is 11.8. The van der Waals surface area contributed by atoms with E-state index >= 15 is 0 Å². The Bertz CT molecular complexity index is 704. The molecule has 1 amide bonds. The van der Waals surface area contributed by atoms with Crippen molar-refractivity contribution < 1.29 is 23.1 Å². The van der Waals surface area contributed by atoms with Crippen LogP contribution in [0, 0.1) is 0 Å². The maximum Gasteiger partial charge on any atom is 0.353 e. The summed E-state index contributed by atoms with van der Waals surface area (Å²) in [6, 6.07) is 1.48. The van der Waals surface area contributed by atoms with Gasteiger partial charge in [-0.15, -0.1) is 0 Å². The summed E-state index contributed by atoms with van der Waals surface area (Å²) in [5, 5.41) is 17.2. The normalized spacial score (nSPS) is 16.5. The minimum Gasteiger partial charge on any atom is -0.477 e. The first-order valence-corrected chi connectivity index (χ1v) is 8.66. The summed E-state index contributed by atoms with van der Waals surface area (Å²) < 4.78 is 23.6. The highest BCUT2D eigenvalue weighted by atomic mass is 32.2. The van der Waals surface area contributed by atoms with Crippen molar-refractivity contribution >= 4 is 22.1 Å². The summed E-state index contributed by atoms with van der Waals surface area (Å²) in [5.41, 5.74) is 0.111. The molecule has 0 atom stereocenters. The fourth-order valence-corrected chi connectivity index (χ4v) is 3.56. The minimum absolute atomic E-state index is 0.00786. The number of aromatic nitrogens is 1. The summed E-state index contributed by atoms with van der Waals surface area (Å²) >= 11 is 0. The molecule has 2 rings (SSSR count). The van der Waals surface area contributed by atoms with Crippen LogP contribution in [0.15, 0.2) is 12.3 Å². The molecule has 1 saturated heterocycles. The zero-order valence-electron chi connectivity index (χ0n) is 12.7. The van der Waals surface area contributed by atoms with E-state index in [0.29, 0.717) is 35.5 Å². The number of hydrogen-bond acceptors (Lipinski definition) is 5. The lowest BCUT2D eigenvalue weighted by Crippen LogP contribution is -2.42. The highest BCUT2D eigenvalue weighted by Gasteiger charge is 2.30. The molecule has 1 aromatic heterocycles. The number of carboxylic acid groups (broad SMARTS) is 1. The van der Waals surface area contributed by atoms with Crippen LogP contribution in [-0.2, 0) is 15.0 Å². The van der Waals surface area contributed by atoms with Crippen molar-refractivity contribution in [2.24, 2.45) is 5.14 Å². The second-order valence-corrected chi connectivity index (χ2v) is 6.87. The second kappa shape index (κ2) is 6.69. The lowest BCUT2D eigenvalue weighted by atomic mass is 9.89. The van der Waals surface area contributed by atoms with Crippen LogP contribution < -0.4 is 10.5 Å². The Morgan fingerprint density at radius 1 is 1.39 bits per heavy atom. The van der Waals surface area contributed by atoms with E-state index in [9.17, 15) is 23.1 Å². The first-order chi connectivity index (χ1) is 10.8. The minimum atomic E-state index is -4.16. The number of likely N-dealkylation sites (tertiary alicyclic amines) is 1. The van der Waals surface area contributed by atoms with Crippen molar-refractivity contribution in [1.82, 2.24) is 14.2 Å². The number of nitrogens with one attached hydrogen (secondary N) is 1. The third-order valence-corrected chi connectivity index (χ3v) is 4.83. The number of amides is 1. The summed E-state index contributed by atoms with van der Waals surface area (Å²) in [7, 11) is -2.47. The molecule has 0 spiro atoms. The monoisotopic (exact) mass is 344 g/mol. The number of carboxylic acids is 1. The first kappa shape index (κ1) is 17.4. The molecule has 128 valence electrons. The van der Waals surface area contributed by atoms with Gasteiger partial charge in [-0.05, 0) is 37.4 Å². The van der Waals surface area contributed by atoms with E-state index in [1.165, 1.54) is 6.07 Å². The summed E-state index contributed by atoms with van der Waals surface area (Å²) in [5.74, 6) is -1.47. The van der Waals surface area contributed by atoms with E-state index in [2.05, 4.69) is 5.32 Å². The van der Waals surface area contributed by atoms with Gasteiger partial charge in [0.15, 0.2) is 0 Å². The fourth-order valence-electron chi connectivity index (χ4n) is 2.89. The van der Waals surface area contributed by atoms with E-state index in [0.717, 1.165) is 6.20 Å². The Hall–Kier alpha value is -1.91. The van der Waals surface area contributed by atoms with Gasteiger partial charge < -0.3 is 15.3 Å². The Kier molecular flexibility index (Phi) is 5.07. The molecule has 0 saturated carbocycles. The summed E-state index contributed by atoms with van der Waals surface area (Å²) in [4.78, 5) is 25.0. The zero-order valence-corrected chi connectivity index (χ0v) is 13.5. The zero-order chi connectivity index (χ0) is 17.2. The number of aromatic carboxylic acids is 1. The number of piperidine rings is 1. The highest BCUT2D eigenvalue weighted by molar-refractivity contribution is 7.87. The van der Waals surface area contributed by atoms with Crippen molar-refractivity contribution in [2.75, 3.05) is 26.7 Å². The predicted molar refractivity (Wildman–Crippen MR) is 82.4 cm³/mol. The number of carbonyl (C=O) groups excluding carboxylic acids is 1. The largest absolute Gasteiger partial charge is 0.477 e. The van der Waals surface area contributed by atoms with Crippen molar-refractivity contribution in [3.8, 4) is 0 Å². The summed E-state index contributed by atoms with van der Waals surface area (Å²) in [6.45, 7) is 1.27. The van der Waals surface area contributed by atoms with Crippen LogP contribution in [-0.4, -0.2) is 61.0 Å². The fraction of sp³-hybridized carbons (Fsp3) is 0.538. The topological polar surface area (TPSA) is 135 Å².